The number of carbonyl (C=O) groups excluding carboxylic acids is 1. The first-order chi connectivity index (χ1) is 13.2. The maximum atomic E-state index is 12.2. The van der Waals surface area contributed by atoms with Crippen LogP contribution in [0.15, 0.2) is 36.4 Å². The second-order valence-corrected chi connectivity index (χ2v) is 6.11. The Kier molecular flexibility index (Phi) is 4.41. The lowest BCUT2D eigenvalue weighted by Gasteiger charge is -2.05. The van der Waals surface area contributed by atoms with Crippen molar-refractivity contribution in [3.8, 4) is 5.88 Å². The van der Waals surface area contributed by atoms with Crippen molar-refractivity contribution in [2.24, 2.45) is 7.05 Å². The number of imidazole rings is 1. The molecule has 0 unspecified atom stereocenters. The number of methoxy groups -OCH3 is 1. The minimum atomic E-state index is -0.0818. The van der Waals surface area contributed by atoms with Crippen LogP contribution in [-0.2, 0) is 24.8 Å². The third-order valence-electron chi connectivity index (χ3n) is 4.41. The summed E-state index contributed by atoms with van der Waals surface area (Å²) in [6.45, 7) is 0.372. The normalized spacial score (nSPS) is 11.2. The van der Waals surface area contributed by atoms with Gasteiger partial charge in [0.2, 0.25) is 11.8 Å². The van der Waals surface area contributed by atoms with E-state index in [-0.39, 0.29) is 12.3 Å². The molecule has 1 aromatic carbocycles. The van der Waals surface area contributed by atoms with Gasteiger partial charge in [-0.05, 0) is 18.2 Å². The fourth-order valence-electron chi connectivity index (χ4n) is 2.93. The van der Waals surface area contributed by atoms with E-state index in [1.165, 1.54) is 0 Å². The van der Waals surface area contributed by atoms with E-state index in [0.29, 0.717) is 30.3 Å². The molecule has 0 atom stereocenters. The minimum absolute atomic E-state index is 0.0818. The van der Waals surface area contributed by atoms with Crippen molar-refractivity contribution < 1.29 is 9.53 Å². The van der Waals surface area contributed by atoms with Crippen LogP contribution in [0.3, 0.4) is 0 Å². The zero-order valence-corrected chi connectivity index (χ0v) is 15.1. The fraction of sp³-hybridized carbons (Fsp3) is 0.278. The molecule has 0 bridgehead atoms. The van der Waals surface area contributed by atoms with Gasteiger partial charge in [0.1, 0.15) is 5.82 Å². The molecule has 9 heteroatoms. The average Bonchev–Trinajstić information content (AvgIpc) is 3.25. The molecule has 0 aliphatic rings. The Morgan fingerprint density at radius 1 is 1.15 bits per heavy atom. The van der Waals surface area contributed by atoms with Gasteiger partial charge in [0.15, 0.2) is 11.5 Å². The molecular formula is C18H19N7O2. The number of hydrogen-bond donors (Lipinski definition) is 1. The smallest absolute Gasteiger partial charge is 0.231 e. The minimum Gasteiger partial charge on any atom is -0.480 e. The van der Waals surface area contributed by atoms with Crippen LogP contribution >= 0.6 is 0 Å². The molecule has 4 rings (SSSR count). The van der Waals surface area contributed by atoms with Gasteiger partial charge in [-0.25, -0.2) is 4.98 Å². The van der Waals surface area contributed by atoms with E-state index < -0.39 is 0 Å². The van der Waals surface area contributed by atoms with Crippen molar-refractivity contribution in [3.05, 3.63) is 48.0 Å². The quantitative estimate of drug-likeness (QED) is 0.552. The molecule has 0 aliphatic carbocycles. The number of carbonyl (C=O) groups is 1. The molecular weight excluding hydrogens is 346 g/mol. The maximum Gasteiger partial charge on any atom is 0.231 e. The van der Waals surface area contributed by atoms with E-state index in [0.717, 1.165) is 16.9 Å². The van der Waals surface area contributed by atoms with E-state index in [9.17, 15) is 4.79 Å². The maximum absolute atomic E-state index is 12.2. The summed E-state index contributed by atoms with van der Waals surface area (Å²) in [4.78, 5) is 16.8. The van der Waals surface area contributed by atoms with Crippen LogP contribution in [0.1, 0.15) is 18.1 Å². The van der Waals surface area contributed by atoms with Crippen molar-refractivity contribution in [2.45, 2.75) is 19.4 Å². The number of para-hydroxylation sites is 2. The largest absolute Gasteiger partial charge is 0.480 e. The van der Waals surface area contributed by atoms with Crippen LogP contribution in [0.4, 0.5) is 0 Å². The lowest BCUT2D eigenvalue weighted by Crippen LogP contribution is -2.24. The van der Waals surface area contributed by atoms with Crippen molar-refractivity contribution in [1.82, 2.24) is 34.7 Å². The molecule has 138 valence electrons. The third-order valence-corrected chi connectivity index (χ3v) is 4.41. The van der Waals surface area contributed by atoms with Crippen LogP contribution in [-0.4, -0.2) is 42.4 Å². The molecule has 0 aliphatic heterocycles. The zero-order chi connectivity index (χ0) is 18.8. The molecule has 0 radical (unpaired) electrons. The van der Waals surface area contributed by atoms with Gasteiger partial charge in [-0.15, -0.1) is 15.3 Å². The van der Waals surface area contributed by atoms with Crippen LogP contribution < -0.4 is 10.1 Å². The molecule has 27 heavy (non-hydrogen) atoms. The van der Waals surface area contributed by atoms with Crippen molar-refractivity contribution in [1.29, 1.82) is 0 Å². The van der Waals surface area contributed by atoms with Gasteiger partial charge in [0.25, 0.3) is 0 Å². The molecule has 3 aromatic heterocycles. The lowest BCUT2D eigenvalue weighted by atomic mass is 10.3. The first-order valence-electron chi connectivity index (χ1n) is 8.58. The standard InChI is InChI=1S/C18H19N7O2/c1-24-13-6-4-3-5-12(13)20-16(24)11-19-17(26)9-7-14-21-22-15-8-10-18(27-2)23-25(14)15/h3-6,8,10H,7,9,11H2,1-2H3,(H,19,26). The van der Waals surface area contributed by atoms with E-state index >= 15 is 0 Å². The van der Waals surface area contributed by atoms with Crippen molar-refractivity contribution in [2.75, 3.05) is 7.11 Å². The summed E-state index contributed by atoms with van der Waals surface area (Å²) in [6.07, 6.45) is 0.708. The molecule has 4 aromatic rings. The van der Waals surface area contributed by atoms with Gasteiger partial charge in [-0.2, -0.15) is 4.52 Å². The van der Waals surface area contributed by atoms with Gasteiger partial charge < -0.3 is 14.6 Å². The van der Waals surface area contributed by atoms with Gasteiger partial charge in [0.05, 0.1) is 24.7 Å². The summed E-state index contributed by atoms with van der Waals surface area (Å²) in [5.41, 5.74) is 2.57. The molecule has 3 heterocycles. The number of rotatable bonds is 6. The van der Waals surface area contributed by atoms with Gasteiger partial charge >= 0.3 is 0 Å². The number of aromatic nitrogens is 6. The number of nitrogens with zero attached hydrogens (tertiary/aromatic N) is 6. The van der Waals surface area contributed by atoms with Crippen LogP contribution in [0, 0.1) is 0 Å². The molecule has 0 saturated heterocycles. The summed E-state index contributed by atoms with van der Waals surface area (Å²) in [6, 6.07) is 11.4. The first kappa shape index (κ1) is 17.0. The highest BCUT2D eigenvalue weighted by molar-refractivity contribution is 5.77. The average molecular weight is 365 g/mol. The third kappa shape index (κ3) is 3.31. The highest BCUT2D eigenvalue weighted by atomic mass is 16.5. The van der Waals surface area contributed by atoms with Gasteiger partial charge in [0, 0.05) is 26.0 Å². The fourth-order valence-corrected chi connectivity index (χ4v) is 2.93. The van der Waals surface area contributed by atoms with E-state index in [4.69, 9.17) is 4.74 Å². The Bertz CT molecular complexity index is 1120. The molecule has 9 nitrogen and oxygen atoms in total. The van der Waals surface area contributed by atoms with Crippen molar-refractivity contribution in [3.63, 3.8) is 0 Å². The van der Waals surface area contributed by atoms with Gasteiger partial charge in [-0.3, -0.25) is 4.79 Å². The van der Waals surface area contributed by atoms with E-state index in [1.807, 2.05) is 35.9 Å². The van der Waals surface area contributed by atoms with E-state index in [2.05, 4.69) is 25.6 Å². The predicted octanol–water partition coefficient (Wildman–Crippen LogP) is 1.27. The molecule has 0 saturated carbocycles. The predicted molar refractivity (Wildman–Crippen MR) is 98.2 cm³/mol. The Morgan fingerprint density at radius 2 is 2.00 bits per heavy atom. The Labute approximate surface area is 155 Å². The first-order valence-corrected chi connectivity index (χ1v) is 8.58. The van der Waals surface area contributed by atoms with E-state index in [1.54, 1.807) is 23.8 Å². The van der Waals surface area contributed by atoms with Crippen LogP contribution in [0.5, 0.6) is 5.88 Å². The van der Waals surface area contributed by atoms with Gasteiger partial charge in [-0.1, -0.05) is 12.1 Å². The molecule has 1 N–H and O–H groups in total. The Hall–Kier alpha value is -3.49. The molecule has 1 amide bonds. The summed E-state index contributed by atoms with van der Waals surface area (Å²) in [5.74, 6) is 1.81. The SMILES string of the molecule is COc1ccc2nnc(CCC(=O)NCc3nc4ccccc4n3C)n2n1. The summed E-state index contributed by atoms with van der Waals surface area (Å²) in [7, 11) is 3.49. The number of aryl methyl sites for hydroxylation is 2. The number of ether oxygens (including phenoxy) is 1. The van der Waals surface area contributed by atoms with Crippen LogP contribution in [0.25, 0.3) is 16.7 Å². The highest BCUT2D eigenvalue weighted by Crippen LogP contribution is 2.14. The molecule has 0 fully saturated rings. The Balaban J connectivity index is 1.39. The highest BCUT2D eigenvalue weighted by Gasteiger charge is 2.12. The zero-order valence-electron chi connectivity index (χ0n) is 15.1. The summed E-state index contributed by atoms with van der Waals surface area (Å²) < 4.78 is 8.70. The number of fused-ring (bicyclic) bond motifs is 2. The van der Waals surface area contributed by atoms with Crippen LogP contribution in [0.2, 0.25) is 0 Å². The number of hydrogen-bond acceptors (Lipinski definition) is 6. The number of benzene rings is 1. The topological polar surface area (TPSA) is 99.2 Å². The number of amides is 1. The summed E-state index contributed by atoms with van der Waals surface area (Å²) in [5, 5.41) is 15.3. The number of nitrogens with one attached hydrogen (secondary N) is 1. The van der Waals surface area contributed by atoms with Crippen molar-refractivity contribution >= 4 is 22.6 Å². The lowest BCUT2D eigenvalue weighted by molar-refractivity contribution is -0.121. The second-order valence-electron chi connectivity index (χ2n) is 6.11. The monoisotopic (exact) mass is 365 g/mol. The summed E-state index contributed by atoms with van der Waals surface area (Å²) >= 11 is 0. The Morgan fingerprint density at radius 3 is 2.81 bits per heavy atom. The second kappa shape index (κ2) is 7.02. The molecule has 0 spiro atoms.